The summed E-state index contributed by atoms with van der Waals surface area (Å²) in [5, 5.41) is 0.587. The fourth-order valence-corrected chi connectivity index (χ4v) is 7.69. The Morgan fingerprint density at radius 3 is 2.12 bits per heavy atom. The summed E-state index contributed by atoms with van der Waals surface area (Å²) in [6.45, 7) is 12.8. The van der Waals surface area contributed by atoms with Gasteiger partial charge in [0, 0.05) is 0 Å². The standard InChI is InChI=1S/C15H30Si/c1-15(2,3)16(4,5)14-11-10-12-8-6-7-9-13(12)14/h12-14H,6-11H2,1-5H3. The van der Waals surface area contributed by atoms with Gasteiger partial charge in [0.15, 0.2) is 0 Å². The minimum absolute atomic E-state index is 0.587. The Kier molecular flexibility index (Phi) is 3.29. The van der Waals surface area contributed by atoms with Crippen LogP contribution in [0, 0.1) is 11.8 Å². The van der Waals surface area contributed by atoms with Gasteiger partial charge in [0.25, 0.3) is 0 Å². The van der Waals surface area contributed by atoms with E-state index in [0.29, 0.717) is 5.04 Å². The zero-order valence-corrected chi connectivity index (χ0v) is 13.0. The summed E-state index contributed by atoms with van der Waals surface area (Å²) in [5.41, 5.74) is 1.12. The molecule has 0 radical (unpaired) electrons. The van der Waals surface area contributed by atoms with Crippen LogP contribution in [0.2, 0.25) is 23.7 Å². The molecule has 16 heavy (non-hydrogen) atoms. The Balaban J connectivity index is 2.16. The Morgan fingerprint density at radius 1 is 0.875 bits per heavy atom. The third-order valence-corrected chi connectivity index (χ3v) is 12.6. The molecule has 2 aliphatic rings. The van der Waals surface area contributed by atoms with Gasteiger partial charge in [0.05, 0.1) is 8.07 Å². The second kappa shape index (κ2) is 4.15. The molecular weight excluding hydrogens is 208 g/mol. The first-order valence-corrected chi connectivity index (χ1v) is 10.4. The molecule has 0 bridgehead atoms. The maximum Gasteiger partial charge on any atom is 0.0561 e. The largest absolute Gasteiger partial charge is 0.0688 e. The predicted octanol–water partition coefficient (Wildman–Crippen LogP) is 5.47. The van der Waals surface area contributed by atoms with E-state index in [-0.39, 0.29) is 0 Å². The van der Waals surface area contributed by atoms with Gasteiger partial charge in [-0.15, -0.1) is 0 Å². The van der Waals surface area contributed by atoms with Crippen molar-refractivity contribution in [2.24, 2.45) is 11.8 Å². The average Bonchev–Trinajstić information content (AvgIpc) is 2.59. The van der Waals surface area contributed by atoms with Crippen molar-refractivity contribution in [1.29, 1.82) is 0 Å². The van der Waals surface area contributed by atoms with Gasteiger partial charge in [-0.3, -0.25) is 0 Å². The van der Waals surface area contributed by atoms with Crippen molar-refractivity contribution in [3.8, 4) is 0 Å². The van der Waals surface area contributed by atoms with Crippen LogP contribution in [0.15, 0.2) is 0 Å². The first-order valence-electron chi connectivity index (χ1n) is 7.34. The van der Waals surface area contributed by atoms with Gasteiger partial charge >= 0.3 is 0 Å². The maximum atomic E-state index is 2.66. The molecule has 0 aromatic carbocycles. The summed E-state index contributed by atoms with van der Waals surface area (Å²) < 4.78 is 0. The topological polar surface area (TPSA) is 0 Å². The molecule has 1 heteroatoms. The molecule has 2 aliphatic carbocycles. The van der Waals surface area contributed by atoms with Crippen LogP contribution in [0.1, 0.15) is 59.3 Å². The average molecular weight is 238 g/mol. The summed E-state index contributed by atoms with van der Waals surface area (Å²) in [6.07, 6.45) is 9.27. The smallest absolute Gasteiger partial charge is 0.0561 e. The van der Waals surface area contributed by atoms with Crippen LogP contribution < -0.4 is 0 Å². The predicted molar refractivity (Wildman–Crippen MR) is 75.6 cm³/mol. The van der Waals surface area contributed by atoms with Crippen LogP contribution in [-0.4, -0.2) is 8.07 Å². The highest BCUT2D eigenvalue weighted by Crippen LogP contribution is 2.58. The van der Waals surface area contributed by atoms with Crippen LogP contribution in [-0.2, 0) is 0 Å². The van der Waals surface area contributed by atoms with Gasteiger partial charge in [-0.05, 0) is 22.4 Å². The summed E-state index contributed by atoms with van der Waals surface area (Å²) in [5.74, 6) is 2.24. The molecule has 3 atom stereocenters. The van der Waals surface area contributed by atoms with Crippen molar-refractivity contribution in [2.45, 2.75) is 83.0 Å². The Hall–Kier alpha value is 0.217. The second-order valence-electron chi connectivity index (χ2n) is 7.86. The molecule has 3 unspecified atom stereocenters. The summed E-state index contributed by atoms with van der Waals surface area (Å²) >= 11 is 0. The molecule has 0 N–H and O–H groups in total. The zero-order valence-electron chi connectivity index (χ0n) is 12.0. The van der Waals surface area contributed by atoms with Crippen molar-refractivity contribution in [2.75, 3.05) is 0 Å². The molecule has 94 valence electrons. The molecule has 0 aliphatic heterocycles. The minimum Gasteiger partial charge on any atom is -0.0688 e. The van der Waals surface area contributed by atoms with Gasteiger partial charge in [-0.25, -0.2) is 0 Å². The van der Waals surface area contributed by atoms with E-state index >= 15 is 0 Å². The van der Waals surface area contributed by atoms with Crippen LogP contribution >= 0.6 is 0 Å². The first kappa shape index (κ1) is 12.7. The Labute approximate surface area is 103 Å². The molecule has 0 heterocycles. The lowest BCUT2D eigenvalue weighted by molar-refractivity contribution is 0.273. The van der Waals surface area contributed by atoms with Crippen molar-refractivity contribution in [3.05, 3.63) is 0 Å². The van der Waals surface area contributed by atoms with Gasteiger partial charge < -0.3 is 0 Å². The molecule has 0 spiro atoms. The minimum atomic E-state index is -1.08. The SMILES string of the molecule is CC(C)(C)[Si](C)(C)C1CCC2CCCCC21. The van der Waals surface area contributed by atoms with Crippen molar-refractivity contribution in [3.63, 3.8) is 0 Å². The highest BCUT2D eigenvalue weighted by molar-refractivity contribution is 6.81. The van der Waals surface area contributed by atoms with E-state index in [0.717, 1.165) is 17.4 Å². The van der Waals surface area contributed by atoms with Gasteiger partial charge in [-0.1, -0.05) is 72.4 Å². The van der Waals surface area contributed by atoms with Crippen molar-refractivity contribution in [1.82, 2.24) is 0 Å². The molecule has 2 saturated carbocycles. The molecule has 2 rings (SSSR count). The quantitative estimate of drug-likeness (QED) is 0.532. The number of rotatable bonds is 1. The van der Waals surface area contributed by atoms with Crippen LogP contribution in [0.4, 0.5) is 0 Å². The third kappa shape index (κ3) is 2.00. The number of fused-ring (bicyclic) bond motifs is 1. The Bertz CT molecular complexity index is 249. The summed E-state index contributed by atoms with van der Waals surface area (Å²) in [6, 6.07) is 0. The van der Waals surface area contributed by atoms with Crippen molar-refractivity contribution < 1.29 is 0 Å². The van der Waals surface area contributed by atoms with E-state index in [1.165, 1.54) is 12.8 Å². The number of hydrogen-bond acceptors (Lipinski definition) is 0. The highest BCUT2D eigenvalue weighted by atomic mass is 28.3. The molecule has 0 aromatic heterocycles. The summed E-state index contributed by atoms with van der Waals surface area (Å²) in [7, 11) is -1.08. The molecule has 0 aromatic rings. The van der Waals surface area contributed by atoms with Gasteiger partial charge in [-0.2, -0.15) is 0 Å². The molecule has 0 saturated heterocycles. The molecule has 0 amide bonds. The first-order chi connectivity index (χ1) is 7.34. The normalized spacial score (nSPS) is 36.2. The van der Waals surface area contributed by atoms with Crippen LogP contribution in [0.3, 0.4) is 0 Å². The van der Waals surface area contributed by atoms with E-state index in [4.69, 9.17) is 0 Å². The lowest BCUT2D eigenvalue weighted by atomic mass is 9.82. The lowest BCUT2D eigenvalue weighted by Gasteiger charge is -2.46. The van der Waals surface area contributed by atoms with E-state index in [9.17, 15) is 0 Å². The van der Waals surface area contributed by atoms with Crippen LogP contribution in [0.5, 0.6) is 0 Å². The fourth-order valence-electron chi connectivity index (χ4n) is 4.18. The highest BCUT2D eigenvalue weighted by Gasteiger charge is 2.50. The van der Waals surface area contributed by atoms with Gasteiger partial charge in [0.1, 0.15) is 0 Å². The van der Waals surface area contributed by atoms with Crippen molar-refractivity contribution >= 4 is 8.07 Å². The van der Waals surface area contributed by atoms with Gasteiger partial charge in [0.2, 0.25) is 0 Å². The molecule has 2 fully saturated rings. The fraction of sp³-hybridized carbons (Fsp3) is 1.00. The third-order valence-electron chi connectivity index (χ3n) is 6.19. The maximum absolute atomic E-state index is 2.66. The Morgan fingerprint density at radius 2 is 1.50 bits per heavy atom. The number of hydrogen-bond donors (Lipinski definition) is 0. The lowest BCUT2D eigenvalue weighted by Crippen LogP contribution is -2.44. The van der Waals surface area contributed by atoms with E-state index in [2.05, 4.69) is 33.9 Å². The van der Waals surface area contributed by atoms with E-state index < -0.39 is 8.07 Å². The zero-order chi connectivity index (χ0) is 12.0. The van der Waals surface area contributed by atoms with E-state index in [1.54, 1.807) is 25.7 Å². The molecular formula is C15H30Si. The second-order valence-corrected chi connectivity index (χ2v) is 13.5. The summed E-state index contributed by atoms with van der Waals surface area (Å²) in [4.78, 5) is 0. The molecule has 0 nitrogen and oxygen atoms in total. The monoisotopic (exact) mass is 238 g/mol. The van der Waals surface area contributed by atoms with Crippen LogP contribution in [0.25, 0.3) is 0 Å². The van der Waals surface area contributed by atoms with E-state index in [1.807, 2.05) is 0 Å².